The molecule has 0 atom stereocenters. The normalized spacial score (nSPS) is 13.6. The number of ether oxygens (including phenoxy) is 1. The molecule has 0 aliphatic carbocycles. The Morgan fingerprint density at radius 3 is 2.88 bits per heavy atom. The molecule has 4 aromatic rings. The van der Waals surface area contributed by atoms with Crippen LogP contribution in [0.15, 0.2) is 48.4 Å². The van der Waals surface area contributed by atoms with Gasteiger partial charge >= 0.3 is 0 Å². The molecule has 5 rings (SSSR count). The Morgan fingerprint density at radius 2 is 2.18 bits per heavy atom. The highest BCUT2D eigenvalue weighted by atomic mass is 32.1. The van der Waals surface area contributed by atoms with Gasteiger partial charge < -0.3 is 15.2 Å². The van der Waals surface area contributed by atoms with Gasteiger partial charge in [0, 0.05) is 49.3 Å². The van der Waals surface area contributed by atoms with Crippen molar-refractivity contribution in [2.24, 2.45) is 5.92 Å². The van der Waals surface area contributed by atoms with Gasteiger partial charge in [0.05, 0.1) is 17.6 Å². The standard InChI is InChI=1S/C21H21N7O2S.CH2O2/c29-20(18-13-31-21(26-18)15-9-23-24-10-15)25-17-12-28(11-14-4-7-30-8-5-14)27-19(17)16-3-1-2-6-22-16;2-1-3/h1-3,6,9-10,12-14H,4-5,7-8,11H2,(H,23,24)(H,25,29);1H,(H,2,3). The van der Waals surface area contributed by atoms with Crippen LogP contribution in [0.2, 0.25) is 0 Å². The first-order chi connectivity index (χ1) is 16.7. The van der Waals surface area contributed by atoms with Crippen LogP contribution in [0, 0.1) is 5.92 Å². The lowest BCUT2D eigenvalue weighted by atomic mass is 10.0. The molecular formula is C22H23N7O4S. The van der Waals surface area contributed by atoms with Crippen LogP contribution in [0.1, 0.15) is 23.3 Å². The zero-order valence-electron chi connectivity index (χ0n) is 18.1. The first kappa shape index (κ1) is 23.3. The molecule has 1 saturated heterocycles. The molecule has 0 aromatic carbocycles. The zero-order valence-corrected chi connectivity index (χ0v) is 18.9. The van der Waals surface area contributed by atoms with E-state index in [2.05, 4.69) is 25.5 Å². The lowest BCUT2D eigenvalue weighted by Gasteiger charge is -2.21. The number of aromatic amines is 1. The predicted molar refractivity (Wildman–Crippen MR) is 125 cm³/mol. The number of carboxylic acid groups (broad SMARTS) is 1. The quantitative estimate of drug-likeness (QED) is 0.356. The molecule has 4 aromatic heterocycles. The number of anilines is 1. The number of H-pyrrole nitrogens is 1. The molecule has 0 bridgehead atoms. The number of thiazole rings is 1. The molecule has 1 amide bonds. The molecular weight excluding hydrogens is 458 g/mol. The Labute approximate surface area is 198 Å². The number of pyridine rings is 1. The summed E-state index contributed by atoms with van der Waals surface area (Å²) in [5.41, 5.74) is 3.17. The maximum absolute atomic E-state index is 12.9. The minimum atomic E-state index is -0.284. The number of carbonyl (C=O) groups excluding carboxylic acids is 1. The van der Waals surface area contributed by atoms with E-state index in [1.54, 1.807) is 24.0 Å². The summed E-state index contributed by atoms with van der Waals surface area (Å²) in [5, 5.41) is 23.8. The van der Waals surface area contributed by atoms with Gasteiger partial charge in [0.15, 0.2) is 0 Å². The van der Waals surface area contributed by atoms with Gasteiger partial charge in [0.25, 0.3) is 12.4 Å². The largest absolute Gasteiger partial charge is 0.483 e. The number of amides is 1. The molecule has 0 spiro atoms. The zero-order chi connectivity index (χ0) is 23.8. The number of hydrogen-bond acceptors (Lipinski definition) is 8. The lowest BCUT2D eigenvalue weighted by molar-refractivity contribution is -0.122. The minimum Gasteiger partial charge on any atom is -0.483 e. The average molecular weight is 482 g/mol. The fraction of sp³-hybridized carbons (Fsp3) is 0.273. The summed E-state index contributed by atoms with van der Waals surface area (Å²) in [5.74, 6) is 0.221. The minimum absolute atomic E-state index is 0.250. The number of nitrogens with zero attached hydrogens (tertiary/aromatic N) is 5. The summed E-state index contributed by atoms with van der Waals surface area (Å²) in [6, 6.07) is 5.65. The van der Waals surface area contributed by atoms with Crippen LogP contribution in [0.4, 0.5) is 5.69 Å². The number of aromatic nitrogens is 6. The van der Waals surface area contributed by atoms with Crippen molar-refractivity contribution in [2.45, 2.75) is 19.4 Å². The topological polar surface area (TPSA) is 148 Å². The van der Waals surface area contributed by atoms with Crippen LogP contribution >= 0.6 is 11.3 Å². The van der Waals surface area contributed by atoms with Crippen LogP contribution in [-0.4, -0.2) is 60.6 Å². The second kappa shape index (κ2) is 11.3. The van der Waals surface area contributed by atoms with E-state index in [9.17, 15) is 4.79 Å². The average Bonchev–Trinajstić information content (AvgIpc) is 3.62. The first-order valence-corrected chi connectivity index (χ1v) is 11.5. The number of carbonyl (C=O) groups is 2. The summed E-state index contributed by atoms with van der Waals surface area (Å²) < 4.78 is 7.35. The van der Waals surface area contributed by atoms with Crippen LogP contribution in [0.25, 0.3) is 22.0 Å². The molecule has 3 N–H and O–H groups in total. The summed E-state index contributed by atoms with van der Waals surface area (Å²) >= 11 is 1.40. The van der Waals surface area contributed by atoms with Crippen molar-refractivity contribution in [3.05, 3.63) is 54.1 Å². The van der Waals surface area contributed by atoms with Crippen LogP contribution in [0.3, 0.4) is 0 Å². The van der Waals surface area contributed by atoms with E-state index < -0.39 is 0 Å². The Balaban J connectivity index is 0.000000868. The van der Waals surface area contributed by atoms with Gasteiger partial charge in [-0.15, -0.1) is 11.3 Å². The molecule has 1 aliphatic rings. The van der Waals surface area contributed by atoms with Crippen LogP contribution in [-0.2, 0) is 16.1 Å². The molecule has 176 valence electrons. The van der Waals surface area contributed by atoms with E-state index in [0.29, 0.717) is 28.7 Å². The number of rotatable bonds is 6. The third kappa shape index (κ3) is 5.71. The third-order valence-corrected chi connectivity index (χ3v) is 6.08. The van der Waals surface area contributed by atoms with Gasteiger partial charge in [-0.2, -0.15) is 10.2 Å². The monoisotopic (exact) mass is 481 g/mol. The van der Waals surface area contributed by atoms with Gasteiger partial charge in [0.2, 0.25) is 0 Å². The molecule has 5 heterocycles. The molecule has 12 heteroatoms. The smallest absolute Gasteiger partial charge is 0.290 e. The van der Waals surface area contributed by atoms with E-state index in [0.717, 1.165) is 43.2 Å². The van der Waals surface area contributed by atoms with Gasteiger partial charge in [-0.1, -0.05) is 6.07 Å². The van der Waals surface area contributed by atoms with Gasteiger partial charge in [-0.25, -0.2) is 4.98 Å². The van der Waals surface area contributed by atoms with Crippen molar-refractivity contribution in [2.75, 3.05) is 18.5 Å². The van der Waals surface area contributed by atoms with Crippen molar-refractivity contribution in [3.8, 4) is 22.0 Å². The fourth-order valence-corrected chi connectivity index (χ4v) is 4.34. The Bertz CT molecular complexity index is 1200. The van der Waals surface area contributed by atoms with Gasteiger partial charge in [-0.05, 0) is 30.9 Å². The summed E-state index contributed by atoms with van der Waals surface area (Å²) in [4.78, 5) is 30.1. The number of hydrogen-bond donors (Lipinski definition) is 3. The van der Waals surface area contributed by atoms with Crippen molar-refractivity contribution in [1.82, 2.24) is 29.9 Å². The molecule has 0 radical (unpaired) electrons. The van der Waals surface area contributed by atoms with E-state index >= 15 is 0 Å². The molecule has 1 fully saturated rings. The summed E-state index contributed by atoms with van der Waals surface area (Å²) in [6.07, 6.45) is 9.04. The molecule has 1 aliphatic heterocycles. The predicted octanol–water partition coefficient (Wildman–Crippen LogP) is 3.17. The van der Waals surface area contributed by atoms with E-state index in [1.165, 1.54) is 11.3 Å². The Hall–Kier alpha value is -3.90. The molecule has 0 saturated carbocycles. The molecule has 34 heavy (non-hydrogen) atoms. The van der Waals surface area contributed by atoms with E-state index in [-0.39, 0.29) is 12.4 Å². The first-order valence-electron chi connectivity index (χ1n) is 10.6. The summed E-state index contributed by atoms with van der Waals surface area (Å²) in [7, 11) is 0. The van der Waals surface area contributed by atoms with E-state index in [1.807, 2.05) is 29.1 Å². The second-order valence-corrected chi connectivity index (χ2v) is 8.33. The Morgan fingerprint density at radius 1 is 1.35 bits per heavy atom. The maximum atomic E-state index is 12.9. The summed E-state index contributed by atoms with van der Waals surface area (Å²) in [6.45, 7) is 2.09. The lowest BCUT2D eigenvalue weighted by Crippen LogP contribution is -2.20. The van der Waals surface area contributed by atoms with Crippen LogP contribution < -0.4 is 5.32 Å². The second-order valence-electron chi connectivity index (χ2n) is 7.47. The molecule has 11 nitrogen and oxygen atoms in total. The van der Waals surface area contributed by atoms with E-state index in [4.69, 9.17) is 19.7 Å². The highest BCUT2D eigenvalue weighted by molar-refractivity contribution is 7.13. The van der Waals surface area contributed by atoms with Crippen molar-refractivity contribution in [3.63, 3.8) is 0 Å². The molecule has 0 unspecified atom stereocenters. The number of nitrogens with one attached hydrogen (secondary N) is 2. The van der Waals surface area contributed by atoms with Crippen LogP contribution in [0.5, 0.6) is 0 Å². The highest BCUT2D eigenvalue weighted by Crippen LogP contribution is 2.28. The SMILES string of the molecule is O=C(Nc1cn(CC2CCOCC2)nc1-c1ccccn1)c1csc(-c2cn[nH]c2)n1.O=CO. The van der Waals surface area contributed by atoms with Gasteiger partial charge in [0.1, 0.15) is 16.4 Å². The van der Waals surface area contributed by atoms with Crippen molar-refractivity contribution >= 4 is 29.4 Å². The van der Waals surface area contributed by atoms with Crippen molar-refractivity contribution in [1.29, 1.82) is 0 Å². The van der Waals surface area contributed by atoms with Gasteiger partial charge in [-0.3, -0.25) is 24.4 Å². The van der Waals surface area contributed by atoms with Crippen molar-refractivity contribution < 1.29 is 19.4 Å². The highest BCUT2D eigenvalue weighted by Gasteiger charge is 2.20. The fourth-order valence-electron chi connectivity index (χ4n) is 3.56. The maximum Gasteiger partial charge on any atom is 0.290 e. The Kier molecular flexibility index (Phi) is 7.73. The third-order valence-electron chi connectivity index (χ3n) is 5.19.